The SMILES string of the molecule is CC(C)CCN(c1ccc(N)c(OC(C)C)c1)C1CC1. The monoisotopic (exact) mass is 276 g/mol. The number of anilines is 2. The minimum absolute atomic E-state index is 0.151. The fourth-order valence-corrected chi connectivity index (χ4v) is 2.36. The Morgan fingerprint density at radius 1 is 1.25 bits per heavy atom. The summed E-state index contributed by atoms with van der Waals surface area (Å²) in [6, 6.07) is 6.91. The number of benzene rings is 1. The van der Waals surface area contributed by atoms with E-state index in [-0.39, 0.29) is 6.10 Å². The highest BCUT2D eigenvalue weighted by Crippen LogP contribution is 2.35. The van der Waals surface area contributed by atoms with Crippen LogP contribution in [0, 0.1) is 5.92 Å². The first-order valence-corrected chi connectivity index (χ1v) is 7.80. The topological polar surface area (TPSA) is 38.5 Å². The fraction of sp³-hybridized carbons (Fsp3) is 0.647. The van der Waals surface area contributed by atoms with E-state index in [2.05, 4.69) is 30.9 Å². The van der Waals surface area contributed by atoms with E-state index in [1.54, 1.807) is 0 Å². The lowest BCUT2D eigenvalue weighted by molar-refractivity contribution is 0.244. The maximum Gasteiger partial charge on any atom is 0.144 e. The van der Waals surface area contributed by atoms with Crippen LogP contribution in [0.5, 0.6) is 5.75 Å². The molecule has 1 aromatic rings. The Labute approximate surface area is 123 Å². The molecule has 2 rings (SSSR count). The van der Waals surface area contributed by atoms with Crippen molar-refractivity contribution in [1.82, 2.24) is 0 Å². The van der Waals surface area contributed by atoms with Gasteiger partial charge in [-0.25, -0.2) is 0 Å². The van der Waals surface area contributed by atoms with Crippen molar-refractivity contribution < 1.29 is 4.74 Å². The van der Waals surface area contributed by atoms with Crippen molar-refractivity contribution in [3.05, 3.63) is 18.2 Å². The molecule has 1 aliphatic carbocycles. The standard InChI is InChI=1S/C17H28N2O/c1-12(2)9-10-19(14-5-6-14)15-7-8-16(18)17(11-15)20-13(3)4/h7-8,11-14H,5-6,9-10,18H2,1-4H3. The Bertz CT molecular complexity index is 439. The molecule has 0 heterocycles. The van der Waals surface area contributed by atoms with E-state index in [4.69, 9.17) is 10.5 Å². The Hall–Kier alpha value is -1.38. The average molecular weight is 276 g/mol. The maximum atomic E-state index is 6.01. The highest BCUT2D eigenvalue weighted by molar-refractivity contribution is 5.63. The first-order valence-electron chi connectivity index (χ1n) is 7.80. The highest BCUT2D eigenvalue weighted by atomic mass is 16.5. The molecule has 0 aliphatic heterocycles. The van der Waals surface area contributed by atoms with E-state index < -0.39 is 0 Å². The van der Waals surface area contributed by atoms with Crippen LogP contribution in [0.3, 0.4) is 0 Å². The molecule has 0 atom stereocenters. The molecule has 1 fully saturated rings. The van der Waals surface area contributed by atoms with Crippen LogP contribution < -0.4 is 15.4 Å². The molecule has 112 valence electrons. The van der Waals surface area contributed by atoms with Gasteiger partial charge in [-0.15, -0.1) is 0 Å². The first kappa shape index (κ1) is 15.0. The molecule has 0 radical (unpaired) electrons. The second-order valence-corrected chi connectivity index (χ2v) is 6.50. The molecule has 3 nitrogen and oxygen atoms in total. The molecular formula is C17H28N2O. The van der Waals surface area contributed by atoms with Crippen molar-refractivity contribution in [2.24, 2.45) is 5.92 Å². The molecule has 0 unspecified atom stereocenters. The van der Waals surface area contributed by atoms with Gasteiger partial charge in [-0.2, -0.15) is 0 Å². The van der Waals surface area contributed by atoms with Crippen molar-refractivity contribution in [2.45, 2.75) is 59.1 Å². The first-order chi connectivity index (χ1) is 9.47. The summed E-state index contributed by atoms with van der Waals surface area (Å²) in [5, 5.41) is 0. The molecule has 2 N–H and O–H groups in total. The van der Waals surface area contributed by atoms with Crippen molar-refractivity contribution in [3.63, 3.8) is 0 Å². The van der Waals surface area contributed by atoms with Crippen molar-refractivity contribution >= 4 is 11.4 Å². The lowest BCUT2D eigenvalue weighted by Crippen LogP contribution is -2.27. The molecule has 0 amide bonds. The molecule has 1 saturated carbocycles. The van der Waals surface area contributed by atoms with Crippen LogP contribution >= 0.6 is 0 Å². The van der Waals surface area contributed by atoms with Gasteiger partial charge < -0.3 is 15.4 Å². The average Bonchev–Trinajstić information content (AvgIpc) is 3.16. The van der Waals surface area contributed by atoms with Gasteiger partial charge in [0.25, 0.3) is 0 Å². The summed E-state index contributed by atoms with van der Waals surface area (Å²) >= 11 is 0. The second kappa shape index (κ2) is 6.38. The summed E-state index contributed by atoms with van der Waals surface area (Å²) < 4.78 is 5.81. The van der Waals surface area contributed by atoms with Gasteiger partial charge >= 0.3 is 0 Å². The van der Waals surface area contributed by atoms with Crippen LogP contribution in [0.4, 0.5) is 11.4 Å². The number of hydrogen-bond acceptors (Lipinski definition) is 3. The van der Waals surface area contributed by atoms with Crippen molar-refractivity contribution in [3.8, 4) is 5.75 Å². The van der Waals surface area contributed by atoms with Gasteiger partial charge in [0.2, 0.25) is 0 Å². The number of nitrogens with zero attached hydrogens (tertiary/aromatic N) is 1. The van der Waals surface area contributed by atoms with E-state index in [1.165, 1.54) is 24.9 Å². The third-order valence-corrected chi connectivity index (χ3v) is 3.63. The van der Waals surface area contributed by atoms with Gasteiger partial charge in [-0.05, 0) is 51.2 Å². The number of rotatable bonds is 7. The van der Waals surface area contributed by atoms with Gasteiger partial charge in [-0.1, -0.05) is 13.8 Å². The summed E-state index contributed by atoms with van der Waals surface area (Å²) in [6.07, 6.45) is 3.99. The van der Waals surface area contributed by atoms with Gasteiger partial charge in [-0.3, -0.25) is 0 Å². The predicted octanol–water partition coefficient (Wildman–Crippen LogP) is 4.07. The zero-order valence-corrected chi connectivity index (χ0v) is 13.2. The third kappa shape index (κ3) is 4.06. The van der Waals surface area contributed by atoms with E-state index in [1.807, 2.05) is 19.9 Å². The molecule has 3 heteroatoms. The molecule has 0 aromatic heterocycles. The zero-order chi connectivity index (χ0) is 14.7. The normalized spacial score (nSPS) is 14.9. The summed E-state index contributed by atoms with van der Waals surface area (Å²) in [5.41, 5.74) is 7.98. The van der Waals surface area contributed by atoms with Crippen LogP contribution in [0.15, 0.2) is 18.2 Å². The summed E-state index contributed by atoms with van der Waals surface area (Å²) in [6.45, 7) is 9.74. The second-order valence-electron chi connectivity index (χ2n) is 6.50. The quantitative estimate of drug-likeness (QED) is 0.763. The Kier molecular flexibility index (Phi) is 4.79. The number of ether oxygens (including phenoxy) is 1. The molecule has 0 spiro atoms. The Morgan fingerprint density at radius 3 is 2.50 bits per heavy atom. The smallest absolute Gasteiger partial charge is 0.144 e. The summed E-state index contributed by atoms with van der Waals surface area (Å²) in [5.74, 6) is 1.55. The number of hydrogen-bond donors (Lipinski definition) is 1. The molecule has 20 heavy (non-hydrogen) atoms. The summed E-state index contributed by atoms with van der Waals surface area (Å²) in [4.78, 5) is 2.52. The van der Waals surface area contributed by atoms with Crippen molar-refractivity contribution in [2.75, 3.05) is 17.2 Å². The van der Waals surface area contributed by atoms with Crippen molar-refractivity contribution in [1.29, 1.82) is 0 Å². The van der Waals surface area contributed by atoms with Gasteiger partial charge in [0, 0.05) is 24.3 Å². The van der Waals surface area contributed by atoms with Gasteiger partial charge in [0.1, 0.15) is 5.75 Å². The summed E-state index contributed by atoms with van der Waals surface area (Å²) in [7, 11) is 0. The minimum atomic E-state index is 0.151. The van der Waals surface area contributed by atoms with Crippen LogP contribution in [-0.2, 0) is 0 Å². The Balaban J connectivity index is 2.15. The highest BCUT2D eigenvalue weighted by Gasteiger charge is 2.29. The van der Waals surface area contributed by atoms with E-state index in [9.17, 15) is 0 Å². The Morgan fingerprint density at radius 2 is 1.95 bits per heavy atom. The van der Waals surface area contributed by atoms with Crippen LogP contribution in [0.1, 0.15) is 47.0 Å². The lowest BCUT2D eigenvalue weighted by Gasteiger charge is -2.26. The van der Waals surface area contributed by atoms with Crippen LogP contribution in [0.25, 0.3) is 0 Å². The number of nitrogens with two attached hydrogens (primary N) is 1. The number of nitrogen functional groups attached to an aromatic ring is 1. The van der Waals surface area contributed by atoms with Crippen LogP contribution in [0.2, 0.25) is 0 Å². The fourth-order valence-electron chi connectivity index (χ4n) is 2.36. The van der Waals surface area contributed by atoms with E-state index in [0.29, 0.717) is 6.04 Å². The third-order valence-electron chi connectivity index (χ3n) is 3.63. The van der Waals surface area contributed by atoms with Gasteiger partial charge in [0.15, 0.2) is 0 Å². The van der Waals surface area contributed by atoms with Gasteiger partial charge in [0.05, 0.1) is 11.8 Å². The largest absolute Gasteiger partial charge is 0.489 e. The molecule has 1 aliphatic rings. The maximum absolute atomic E-state index is 6.01. The molecule has 0 bridgehead atoms. The lowest BCUT2D eigenvalue weighted by atomic mass is 10.1. The predicted molar refractivity (Wildman–Crippen MR) is 86.4 cm³/mol. The molecule has 1 aromatic carbocycles. The van der Waals surface area contributed by atoms with Crippen LogP contribution in [-0.4, -0.2) is 18.7 Å². The zero-order valence-electron chi connectivity index (χ0n) is 13.2. The van der Waals surface area contributed by atoms with E-state index in [0.717, 1.165) is 23.9 Å². The minimum Gasteiger partial charge on any atom is -0.489 e. The molecule has 0 saturated heterocycles. The molecular weight excluding hydrogens is 248 g/mol. The van der Waals surface area contributed by atoms with E-state index >= 15 is 0 Å².